The van der Waals surface area contributed by atoms with E-state index in [2.05, 4.69) is 5.10 Å². The fraction of sp³-hybridized carbons (Fsp3) is 0.667. The highest BCUT2D eigenvalue weighted by Crippen LogP contribution is 2.30. The highest BCUT2D eigenvalue weighted by Gasteiger charge is 2.28. The molecule has 0 aromatic carbocycles. The van der Waals surface area contributed by atoms with Crippen molar-refractivity contribution in [1.82, 2.24) is 9.78 Å². The van der Waals surface area contributed by atoms with Gasteiger partial charge in [-0.2, -0.15) is 5.10 Å². The Bertz CT molecular complexity index is 332. The third-order valence-corrected chi connectivity index (χ3v) is 2.71. The Kier molecular flexibility index (Phi) is 1.89. The van der Waals surface area contributed by atoms with Gasteiger partial charge in [0.25, 0.3) is 0 Å². The van der Waals surface area contributed by atoms with Crippen molar-refractivity contribution in [3.05, 3.63) is 17.0 Å². The van der Waals surface area contributed by atoms with Gasteiger partial charge in [0.2, 0.25) is 0 Å². The first-order valence-corrected chi connectivity index (χ1v) is 4.55. The second-order valence-electron chi connectivity index (χ2n) is 3.79. The molecule has 0 radical (unpaired) electrons. The number of rotatable bonds is 0. The molecule has 2 rings (SSSR count). The van der Waals surface area contributed by atoms with Crippen LogP contribution in [-0.4, -0.2) is 20.9 Å². The summed E-state index contributed by atoms with van der Waals surface area (Å²) in [5.41, 5.74) is 8.82. The Labute approximate surface area is 77.4 Å². The Hall–Kier alpha value is -0.870. The van der Waals surface area contributed by atoms with Gasteiger partial charge in [0.15, 0.2) is 0 Å². The average Bonchev–Trinajstić information content (AvgIpc) is 2.27. The van der Waals surface area contributed by atoms with E-state index in [0.717, 1.165) is 23.4 Å². The molecule has 1 aliphatic rings. The first-order chi connectivity index (χ1) is 6.09. The second-order valence-corrected chi connectivity index (χ2v) is 3.79. The van der Waals surface area contributed by atoms with Gasteiger partial charge in [-0.3, -0.25) is 4.68 Å². The number of hydrogen-bond donors (Lipinski definition) is 2. The van der Waals surface area contributed by atoms with Crippen LogP contribution in [0.25, 0.3) is 0 Å². The van der Waals surface area contributed by atoms with E-state index in [-0.39, 0.29) is 6.04 Å². The van der Waals surface area contributed by atoms with E-state index < -0.39 is 6.10 Å². The lowest BCUT2D eigenvalue weighted by molar-refractivity contribution is 0.147. The average molecular weight is 181 g/mol. The molecular formula is C9H15N3O. The zero-order valence-electron chi connectivity index (χ0n) is 7.99. The summed E-state index contributed by atoms with van der Waals surface area (Å²) in [6.07, 6.45) is 1.05. The minimum Gasteiger partial charge on any atom is -0.388 e. The van der Waals surface area contributed by atoms with E-state index in [0.29, 0.717) is 6.42 Å². The van der Waals surface area contributed by atoms with Gasteiger partial charge in [0.05, 0.1) is 11.8 Å². The molecule has 0 spiro atoms. The van der Waals surface area contributed by atoms with E-state index in [1.807, 2.05) is 18.7 Å². The van der Waals surface area contributed by atoms with Gasteiger partial charge in [-0.05, 0) is 13.3 Å². The summed E-state index contributed by atoms with van der Waals surface area (Å²) in [6.45, 7) is 1.93. The summed E-state index contributed by atoms with van der Waals surface area (Å²) in [7, 11) is 1.90. The lowest BCUT2D eigenvalue weighted by atomic mass is 9.90. The van der Waals surface area contributed by atoms with Crippen LogP contribution in [0.1, 0.15) is 29.5 Å². The number of aliphatic hydroxyl groups excluding tert-OH is 1. The van der Waals surface area contributed by atoms with E-state index in [1.165, 1.54) is 0 Å². The van der Waals surface area contributed by atoms with Gasteiger partial charge in [-0.25, -0.2) is 0 Å². The lowest BCUT2D eigenvalue weighted by Gasteiger charge is -2.23. The number of aromatic nitrogens is 2. The molecular weight excluding hydrogens is 166 g/mol. The van der Waals surface area contributed by atoms with Gasteiger partial charge >= 0.3 is 0 Å². The van der Waals surface area contributed by atoms with Crippen molar-refractivity contribution >= 4 is 0 Å². The zero-order valence-corrected chi connectivity index (χ0v) is 7.99. The topological polar surface area (TPSA) is 64.1 Å². The maximum Gasteiger partial charge on any atom is 0.0840 e. The van der Waals surface area contributed by atoms with Crippen LogP contribution in [-0.2, 0) is 13.5 Å². The molecule has 13 heavy (non-hydrogen) atoms. The van der Waals surface area contributed by atoms with Gasteiger partial charge in [0.1, 0.15) is 0 Å². The molecule has 1 heterocycles. The summed E-state index contributed by atoms with van der Waals surface area (Å²) in [4.78, 5) is 0. The molecule has 72 valence electrons. The van der Waals surface area contributed by atoms with Gasteiger partial charge in [-0.15, -0.1) is 0 Å². The molecule has 1 aromatic heterocycles. The number of nitrogens with zero attached hydrogens (tertiary/aromatic N) is 2. The molecule has 4 heteroatoms. The number of hydrogen-bond acceptors (Lipinski definition) is 3. The Morgan fingerprint density at radius 3 is 3.00 bits per heavy atom. The molecule has 0 amide bonds. The first-order valence-electron chi connectivity index (χ1n) is 4.55. The fourth-order valence-corrected chi connectivity index (χ4v) is 2.13. The van der Waals surface area contributed by atoms with Crippen molar-refractivity contribution in [2.75, 3.05) is 0 Å². The number of aliphatic hydroxyl groups is 1. The summed E-state index contributed by atoms with van der Waals surface area (Å²) >= 11 is 0. The van der Waals surface area contributed by atoms with Crippen molar-refractivity contribution in [1.29, 1.82) is 0 Å². The van der Waals surface area contributed by atoms with E-state index >= 15 is 0 Å². The van der Waals surface area contributed by atoms with Crippen LogP contribution in [0.5, 0.6) is 0 Å². The van der Waals surface area contributed by atoms with Gasteiger partial charge < -0.3 is 10.8 Å². The van der Waals surface area contributed by atoms with Crippen molar-refractivity contribution in [3.8, 4) is 0 Å². The predicted octanol–water partition coefficient (Wildman–Crippen LogP) is 0.0354. The van der Waals surface area contributed by atoms with E-state index in [4.69, 9.17) is 5.73 Å². The van der Waals surface area contributed by atoms with E-state index in [1.54, 1.807) is 0 Å². The van der Waals surface area contributed by atoms with Gasteiger partial charge in [0, 0.05) is 30.8 Å². The monoisotopic (exact) mass is 181 g/mol. The van der Waals surface area contributed by atoms with Crippen LogP contribution >= 0.6 is 0 Å². The molecule has 0 fully saturated rings. The van der Waals surface area contributed by atoms with Crippen molar-refractivity contribution in [2.24, 2.45) is 12.8 Å². The van der Waals surface area contributed by atoms with Crippen molar-refractivity contribution in [3.63, 3.8) is 0 Å². The van der Waals surface area contributed by atoms with Crippen LogP contribution in [0, 0.1) is 6.92 Å². The zero-order chi connectivity index (χ0) is 9.59. The number of aryl methyl sites for hydroxylation is 2. The van der Waals surface area contributed by atoms with Crippen LogP contribution in [0.3, 0.4) is 0 Å². The summed E-state index contributed by atoms with van der Waals surface area (Å²) in [5.74, 6) is 0. The number of nitrogens with two attached hydrogens (primary N) is 1. The molecule has 1 aliphatic carbocycles. The van der Waals surface area contributed by atoms with Crippen molar-refractivity contribution < 1.29 is 5.11 Å². The third kappa shape index (κ3) is 1.26. The quantitative estimate of drug-likeness (QED) is 0.593. The third-order valence-electron chi connectivity index (χ3n) is 2.71. The summed E-state index contributed by atoms with van der Waals surface area (Å²) in [6, 6.07) is 0.0669. The normalized spacial score (nSPS) is 27.4. The Balaban J connectivity index is 2.51. The minimum atomic E-state index is -0.424. The molecule has 1 aromatic rings. The summed E-state index contributed by atoms with van der Waals surface area (Å²) < 4.78 is 1.83. The molecule has 2 atom stereocenters. The Morgan fingerprint density at radius 2 is 2.31 bits per heavy atom. The van der Waals surface area contributed by atoms with E-state index in [9.17, 15) is 5.11 Å². The highest BCUT2D eigenvalue weighted by molar-refractivity contribution is 5.31. The molecule has 3 N–H and O–H groups in total. The molecule has 0 saturated carbocycles. The van der Waals surface area contributed by atoms with Crippen LogP contribution < -0.4 is 5.73 Å². The van der Waals surface area contributed by atoms with Crippen LogP contribution in [0.15, 0.2) is 0 Å². The maximum atomic E-state index is 9.79. The lowest BCUT2D eigenvalue weighted by Crippen LogP contribution is -2.31. The smallest absolute Gasteiger partial charge is 0.0840 e. The summed E-state index contributed by atoms with van der Waals surface area (Å²) in [5, 5.41) is 14.1. The van der Waals surface area contributed by atoms with Gasteiger partial charge in [-0.1, -0.05) is 0 Å². The SMILES string of the molecule is Cc1nn(C)c2c1C(O)CC(N)C2. The molecule has 4 nitrogen and oxygen atoms in total. The highest BCUT2D eigenvalue weighted by atomic mass is 16.3. The molecule has 0 bridgehead atoms. The first kappa shape index (κ1) is 8.72. The fourth-order valence-electron chi connectivity index (χ4n) is 2.13. The maximum absolute atomic E-state index is 9.79. The number of fused-ring (bicyclic) bond motifs is 1. The van der Waals surface area contributed by atoms with Crippen LogP contribution in [0.4, 0.5) is 0 Å². The molecule has 2 unspecified atom stereocenters. The van der Waals surface area contributed by atoms with Crippen LogP contribution in [0.2, 0.25) is 0 Å². The minimum absolute atomic E-state index is 0.0669. The largest absolute Gasteiger partial charge is 0.388 e. The molecule has 0 saturated heterocycles. The molecule has 0 aliphatic heterocycles. The van der Waals surface area contributed by atoms with Crippen molar-refractivity contribution in [2.45, 2.75) is 31.9 Å². The predicted molar refractivity (Wildman–Crippen MR) is 49.2 cm³/mol. The Morgan fingerprint density at radius 1 is 1.62 bits per heavy atom. The second kappa shape index (κ2) is 2.82. The standard InChI is InChI=1S/C9H15N3O/c1-5-9-7(12(2)11-5)3-6(10)4-8(9)13/h6,8,13H,3-4,10H2,1-2H3.